The summed E-state index contributed by atoms with van der Waals surface area (Å²) in [7, 11) is 0. The number of Topliss-reactive ketones (excluding diaryl/α,β-unsaturated/α-hetero) is 1. The van der Waals surface area contributed by atoms with Crippen LogP contribution < -0.4 is 5.73 Å². The van der Waals surface area contributed by atoms with Gasteiger partial charge in [-0.2, -0.15) is 0 Å². The molecule has 0 aliphatic heterocycles. The molecule has 0 saturated carbocycles. The molecule has 0 spiro atoms. The molecule has 4 nitrogen and oxygen atoms in total. The summed E-state index contributed by atoms with van der Waals surface area (Å²) < 4.78 is 13.5. The number of hydrogen-bond donors (Lipinski definition) is 3. The summed E-state index contributed by atoms with van der Waals surface area (Å²) in [6.45, 7) is 0.0896. The number of phenolic OH excluding ortho intramolecular Hbond substituents is 2. The Bertz CT molecular complexity index is 409. The normalized spacial score (nSPS) is 10.3. The van der Waals surface area contributed by atoms with Crippen LogP contribution in [0.3, 0.4) is 0 Å². The summed E-state index contributed by atoms with van der Waals surface area (Å²) in [6.07, 6.45) is -0.0280. The van der Waals surface area contributed by atoms with Gasteiger partial charge in [-0.25, -0.2) is 4.39 Å². The molecule has 4 N–H and O–H groups in total. The molecule has 0 atom stereocenters. The number of rotatable bonds is 3. The Balaban J connectivity index is 3.29. The number of carbonyl (C=O) groups is 1. The fourth-order valence-corrected chi connectivity index (χ4v) is 1.72. The zero-order valence-corrected chi connectivity index (χ0v) is 9.21. The van der Waals surface area contributed by atoms with Crippen molar-refractivity contribution in [2.45, 2.75) is 6.42 Å². The molecule has 6 heteroatoms. The van der Waals surface area contributed by atoms with Crippen molar-refractivity contribution in [2.24, 2.45) is 5.73 Å². The van der Waals surface area contributed by atoms with E-state index in [2.05, 4.69) is 15.9 Å². The highest BCUT2D eigenvalue weighted by Gasteiger charge is 2.21. The minimum atomic E-state index is -1.14. The van der Waals surface area contributed by atoms with E-state index >= 15 is 0 Å². The van der Waals surface area contributed by atoms with Gasteiger partial charge < -0.3 is 15.9 Å². The minimum absolute atomic E-state index is 0.0280. The van der Waals surface area contributed by atoms with Crippen LogP contribution in [0.2, 0.25) is 0 Å². The van der Waals surface area contributed by atoms with Crippen LogP contribution >= 0.6 is 15.9 Å². The lowest BCUT2D eigenvalue weighted by Gasteiger charge is -2.07. The number of phenols is 2. The van der Waals surface area contributed by atoms with Gasteiger partial charge in [-0.15, -0.1) is 0 Å². The molecule has 0 heterocycles. The average molecular weight is 278 g/mol. The maximum Gasteiger partial charge on any atom is 0.194 e. The number of hydrogen-bond acceptors (Lipinski definition) is 4. The van der Waals surface area contributed by atoms with Crippen molar-refractivity contribution in [3.05, 3.63) is 21.9 Å². The standard InChI is InChI=1S/C9H9BrFNO3/c10-4-3-6(14)9(15)8(11)7(4)5(13)1-2-12/h3,14-15H,1-2,12H2. The van der Waals surface area contributed by atoms with E-state index < -0.39 is 23.1 Å². The molecule has 0 bridgehead atoms. The van der Waals surface area contributed by atoms with Gasteiger partial charge in [-0.1, -0.05) is 0 Å². The lowest BCUT2D eigenvalue weighted by atomic mass is 10.1. The van der Waals surface area contributed by atoms with Crippen LogP contribution in [0.1, 0.15) is 16.8 Å². The van der Waals surface area contributed by atoms with Crippen LogP contribution in [0.25, 0.3) is 0 Å². The van der Waals surface area contributed by atoms with Crippen LogP contribution in [0.4, 0.5) is 4.39 Å². The third-order valence-corrected chi connectivity index (χ3v) is 2.45. The topological polar surface area (TPSA) is 83.6 Å². The molecule has 1 aromatic rings. The van der Waals surface area contributed by atoms with Gasteiger partial charge in [0, 0.05) is 10.9 Å². The zero-order chi connectivity index (χ0) is 11.6. The van der Waals surface area contributed by atoms with Gasteiger partial charge in [0.15, 0.2) is 23.1 Å². The molecule has 82 valence electrons. The summed E-state index contributed by atoms with van der Waals surface area (Å²) >= 11 is 2.93. The number of ketones is 1. The predicted molar refractivity (Wildman–Crippen MR) is 55.4 cm³/mol. The highest BCUT2D eigenvalue weighted by atomic mass is 79.9. The molecule has 1 rings (SSSR count). The monoisotopic (exact) mass is 277 g/mol. The van der Waals surface area contributed by atoms with Gasteiger partial charge in [0.1, 0.15) is 0 Å². The number of halogens is 2. The van der Waals surface area contributed by atoms with Gasteiger partial charge in [0.05, 0.1) is 5.56 Å². The minimum Gasteiger partial charge on any atom is -0.504 e. The van der Waals surface area contributed by atoms with Crippen molar-refractivity contribution in [1.29, 1.82) is 0 Å². The molecule has 1 aromatic carbocycles. The van der Waals surface area contributed by atoms with Crippen LogP contribution in [0.5, 0.6) is 11.5 Å². The van der Waals surface area contributed by atoms with E-state index in [0.717, 1.165) is 6.07 Å². The van der Waals surface area contributed by atoms with Crippen molar-refractivity contribution in [1.82, 2.24) is 0 Å². The molecule has 0 aromatic heterocycles. The maximum absolute atomic E-state index is 13.4. The van der Waals surface area contributed by atoms with E-state index in [0.29, 0.717) is 0 Å². The Morgan fingerprint density at radius 1 is 1.53 bits per heavy atom. The van der Waals surface area contributed by atoms with E-state index in [-0.39, 0.29) is 23.0 Å². The fraction of sp³-hybridized carbons (Fsp3) is 0.222. The lowest BCUT2D eigenvalue weighted by molar-refractivity contribution is 0.0980. The van der Waals surface area contributed by atoms with E-state index in [9.17, 15) is 9.18 Å². The number of aromatic hydroxyl groups is 2. The Hall–Kier alpha value is -1.14. The van der Waals surface area contributed by atoms with E-state index in [1.165, 1.54) is 0 Å². The van der Waals surface area contributed by atoms with E-state index in [1.807, 2.05) is 0 Å². The van der Waals surface area contributed by atoms with Crippen LogP contribution in [0, 0.1) is 5.82 Å². The Labute approximate surface area is 93.6 Å². The summed E-state index contributed by atoms with van der Waals surface area (Å²) in [5, 5.41) is 18.2. The summed E-state index contributed by atoms with van der Waals surface area (Å²) in [5.41, 5.74) is 4.87. The van der Waals surface area contributed by atoms with Gasteiger partial charge in [0.2, 0.25) is 0 Å². The third-order valence-electron chi connectivity index (χ3n) is 1.82. The third kappa shape index (κ3) is 2.27. The van der Waals surface area contributed by atoms with Crippen molar-refractivity contribution < 1.29 is 19.4 Å². The number of carbonyl (C=O) groups excluding carboxylic acids is 1. The SMILES string of the molecule is NCCC(=O)c1c(Br)cc(O)c(O)c1F. The smallest absolute Gasteiger partial charge is 0.194 e. The molecule has 0 radical (unpaired) electrons. The van der Waals surface area contributed by atoms with Gasteiger partial charge >= 0.3 is 0 Å². The van der Waals surface area contributed by atoms with Crippen LogP contribution in [-0.4, -0.2) is 22.5 Å². The van der Waals surface area contributed by atoms with Gasteiger partial charge in [0.25, 0.3) is 0 Å². The van der Waals surface area contributed by atoms with Gasteiger partial charge in [-0.3, -0.25) is 4.79 Å². The largest absolute Gasteiger partial charge is 0.504 e. The second-order valence-corrected chi connectivity index (χ2v) is 3.73. The molecular weight excluding hydrogens is 269 g/mol. The molecule has 0 fully saturated rings. The summed E-state index contributed by atoms with van der Waals surface area (Å²) in [4.78, 5) is 11.4. The highest BCUT2D eigenvalue weighted by Crippen LogP contribution is 2.35. The molecular formula is C9H9BrFNO3. The first-order valence-electron chi connectivity index (χ1n) is 4.12. The fourth-order valence-electron chi connectivity index (χ4n) is 1.11. The Morgan fingerprint density at radius 3 is 2.67 bits per heavy atom. The first kappa shape index (κ1) is 11.9. The Kier molecular flexibility index (Phi) is 3.65. The number of benzene rings is 1. The summed E-state index contributed by atoms with van der Waals surface area (Å²) in [5.74, 6) is -3.22. The number of nitrogens with two attached hydrogens (primary N) is 1. The maximum atomic E-state index is 13.4. The Morgan fingerprint density at radius 2 is 2.13 bits per heavy atom. The van der Waals surface area contributed by atoms with Crippen molar-refractivity contribution in [3.63, 3.8) is 0 Å². The summed E-state index contributed by atoms with van der Waals surface area (Å²) in [6, 6.07) is 1.06. The molecule has 0 unspecified atom stereocenters. The van der Waals surface area contributed by atoms with Crippen molar-refractivity contribution in [2.75, 3.05) is 6.54 Å². The molecule has 0 aliphatic rings. The van der Waals surface area contributed by atoms with Crippen molar-refractivity contribution >= 4 is 21.7 Å². The molecule has 0 amide bonds. The molecule has 0 aliphatic carbocycles. The quantitative estimate of drug-likeness (QED) is 0.578. The second kappa shape index (κ2) is 4.59. The first-order chi connectivity index (χ1) is 6.99. The average Bonchev–Trinajstić information content (AvgIpc) is 2.15. The van der Waals surface area contributed by atoms with Crippen LogP contribution in [-0.2, 0) is 0 Å². The lowest BCUT2D eigenvalue weighted by Crippen LogP contribution is -2.10. The highest BCUT2D eigenvalue weighted by molar-refractivity contribution is 9.10. The molecule has 15 heavy (non-hydrogen) atoms. The van der Waals surface area contributed by atoms with E-state index in [1.54, 1.807) is 0 Å². The van der Waals surface area contributed by atoms with E-state index in [4.69, 9.17) is 15.9 Å². The van der Waals surface area contributed by atoms with Crippen molar-refractivity contribution in [3.8, 4) is 11.5 Å². The second-order valence-electron chi connectivity index (χ2n) is 2.88. The first-order valence-corrected chi connectivity index (χ1v) is 4.91. The van der Waals surface area contributed by atoms with Crippen LogP contribution in [0.15, 0.2) is 10.5 Å². The van der Waals surface area contributed by atoms with Gasteiger partial charge in [-0.05, 0) is 28.5 Å². The predicted octanol–water partition coefficient (Wildman–Crippen LogP) is 1.53. The molecule has 0 saturated heterocycles. The zero-order valence-electron chi connectivity index (χ0n) is 7.63.